The number of piperazine rings is 1. The molecule has 1 aromatic carbocycles. The van der Waals surface area contributed by atoms with Crippen LogP contribution < -0.4 is 10.9 Å². The van der Waals surface area contributed by atoms with Crippen molar-refractivity contribution in [1.29, 1.82) is 0 Å². The lowest BCUT2D eigenvalue weighted by Crippen LogP contribution is -2.43. The average Bonchev–Trinajstić information content (AvgIpc) is 2.73. The topological polar surface area (TPSA) is 42.2 Å². The van der Waals surface area contributed by atoms with E-state index in [0.717, 1.165) is 44.1 Å². The van der Waals surface area contributed by atoms with Crippen molar-refractivity contribution in [3.8, 4) is 5.69 Å². The minimum atomic E-state index is -0.00571. The van der Waals surface area contributed by atoms with Crippen molar-refractivity contribution in [3.05, 3.63) is 50.9 Å². The van der Waals surface area contributed by atoms with E-state index in [1.807, 2.05) is 42.1 Å². The van der Waals surface area contributed by atoms with Crippen molar-refractivity contribution >= 4 is 28.3 Å². The number of para-hydroxylation sites is 1. The van der Waals surface area contributed by atoms with Crippen molar-refractivity contribution in [2.45, 2.75) is 6.54 Å². The molecule has 5 nitrogen and oxygen atoms in total. The molecule has 7 heteroatoms. The molecule has 2 heterocycles. The van der Waals surface area contributed by atoms with Gasteiger partial charge in [-0.25, -0.2) is 4.68 Å². The van der Waals surface area contributed by atoms with Gasteiger partial charge in [0.25, 0.3) is 5.56 Å². The van der Waals surface area contributed by atoms with Crippen LogP contribution in [-0.2, 0) is 13.6 Å². The van der Waals surface area contributed by atoms with Crippen LogP contribution in [-0.4, -0.2) is 40.4 Å². The normalized spacial score (nSPS) is 15.5. The Bertz CT molecular complexity index is 677. The summed E-state index contributed by atoms with van der Waals surface area (Å²) in [5.74, 6) is 0. The molecule has 0 saturated carbocycles. The van der Waals surface area contributed by atoms with Gasteiger partial charge in [-0.2, -0.15) is 0 Å². The highest BCUT2D eigenvalue weighted by molar-refractivity contribution is 9.10. The van der Waals surface area contributed by atoms with E-state index in [-0.39, 0.29) is 18.0 Å². The van der Waals surface area contributed by atoms with Crippen LogP contribution in [0.2, 0.25) is 0 Å². The molecular weight excluding hydrogens is 368 g/mol. The number of aromatic nitrogens is 2. The summed E-state index contributed by atoms with van der Waals surface area (Å²) >= 11 is 3.48. The number of benzene rings is 1. The molecule has 0 amide bonds. The molecule has 2 aromatic rings. The van der Waals surface area contributed by atoms with E-state index in [4.69, 9.17) is 0 Å². The van der Waals surface area contributed by atoms with Crippen LogP contribution in [0.15, 0.2) is 39.6 Å². The Kier molecular flexibility index (Phi) is 5.86. The lowest BCUT2D eigenvalue weighted by molar-refractivity contribution is 0.226. The van der Waals surface area contributed by atoms with E-state index in [2.05, 4.69) is 26.1 Å². The van der Waals surface area contributed by atoms with E-state index in [1.165, 1.54) is 0 Å². The van der Waals surface area contributed by atoms with Gasteiger partial charge in [0.2, 0.25) is 0 Å². The zero-order valence-corrected chi connectivity index (χ0v) is 14.9. The van der Waals surface area contributed by atoms with E-state index in [0.29, 0.717) is 4.47 Å². The van der Waals surface area contributed by atoms with Crippen LogP contribution in [0.25, 0.3) is 5.69 Å². The fourth-order valence-corrected chi connectivity index (χ4v) is 3.28. The van der Waals surface area contributed by atoms with E-state index in [9.17, 15) is 4.79 Å². The number of rotatable bonds is 3. The van der Waals surface area contributed by atoms with Gasteiger partial charge >= 0.3 is 0 Å². The molecule has 0 radical (unpaired) electrons. The molecule has 1 saturated heterocycles. The third-order valence-corrected chi connectivity index (χ3v) is 4.70. The fourth-order valence-electron chi connectivity index (χ4n) is 2.73. The predicted molar refractivity (Wildman–Crippen MR) is 94.1 cm³/mol. The summed E-state index contributed by atoms with van der Waals surface area (Å²) < 4.78 is 4.32. The van der Waals surface area contributed by atoms with Crippen molar-refractivity contribution in [2.75, 3.05) is 26.2 Å². The highest BCUT2D eigenvalue weighted by Crippen LogP contribution is 2.17. The smallest absolute Gasteiger partial charge is 0.286 e. The van der Waals surface area contributed by atoms with Gasteiger partial charge in [0.1, 0.15) is 4.47 Å². The summed E-state index contributed by atoms with van der Waals surface area (Å²) in [5.41, 5.74) is 1.90. The minimum Gasteiger partial charge on any atom is -0.314 e. The molecule has 0 spiro atoms. The van der Waals surface area contributed by atoms with Gasteiger partial charge in [-0.3, -0.25) is 14.4 Å². The first-order valence-corrected chi connectivity index (χ1v) is 7.92. The molecule has 120 valence electrons. The molecule has 22 heavy (non-hydrogen) atoms. The molecule has 3 rings (SSSR count). The number of halogens is 2. The van der Waals surface area contributed by atoms with Crippen LogP contribution in [0.4, 0.5) is 0 Å². The van der Waals surface area contributed by atoms with E-state index >= 15 is 0 Å². The molecular formula is C15H20BrClN4O. The lowest BCUT2D eigenvalue weighted by Gasteiger charge is -2.27. The third-order valence-electron chi connectivity index (χ3n) is 3.91. The van der Waals surface area contributed by atoms with Gasteiger partial charge in [0.15, 0.2) is 0 Å². The Balaban J connectivity index is 0.00000176. The van der Waals surface area contributed by atoms with Gasteiger partial charge < -0.3 is 5.32 Å². The van der Waals surface area contributed by atoms with Gasteiger partial charge in [0.05, 0.1) is 11.4 Å². The summed E-state index contributed by atoms with van der Waals surface area (Å²) in [5, 5.41) is 3.35. The molecule has 1 aromatic heterocycles. The average molecular weight is 388 g/mol. The third kappa shape index (κ3) is 3.30. The zero-order valence-electron chi connectivity index (χ0n) is 12.5. The number of nitrogens with zero attached hydrogens (tertiary/aromatic N) is 3. The summed E-state index contributed by atoms with van der Waals surface area (Å²) in [6.45, 7) is 4.82. The second-order valence-corrected chi connectivity index (χ2v) is 6.06. The van der Waals surface area contributed by atoms with Gasteiger partial charge in [-0.1, -0.05) is 18.2 Å². The lowest BCUT2D eigenvalue weighted by atomic mass is 10.3. The maximum absolute atomic E-state index is 12.5. The van der Waals surface area contributed by atoms with Gasteiger partial charge in [-0.15, -0.1) is 12.4 Å². The van der Waals surface area contributed by atoms with Crippen LogP contribution >= 0.6 is 28.3 Å². The van der Waals surface area contributed by atoms with Crippen molar-refractivity contribution in [2.24, 2.45) is 7.05 Å². The van der Waals surface area contributed by atoms with Crippen LogP contribution in [0.5, 0.6) is 0 Å². The Morgan fingerprint density at radius 2 is 1.82 bits per heavy atom. The quantitative estimate of drug-likeness (QED) is 0.873. The number of hydrogen-bond donors (Lipinski definition) is 1. The zero-order chi connectivity index (χ0) is 14.8. The highest BCUT2D eigenvalue weighted by Gasteiger charge is 2.20. The first kappa shape index (κ1) is 17.3. The first-order valence-electron chi connectivity index (χ1n) is 7.13. The molecule has 0 bridgehead atoms. The second kappa shape index (κ2) is 7.46. The Hall–Kier alpha value is -1.08. The van der Waals surface area contributed by atoms with Gasteiger partial charge in [-0.05, 0) is 28.1 Å². The Morgan fingerprint density at radius 3 is 2.45 bits per heavy atom. The molecule has 0 aliphatic carbocycles. The Labute approximate surface area is 144 Å². The standard InChI is InChI=1S/C15H19BrN4O.ClH/c1-18-13(11-19-9-7-17-8-10-19)14(16)15(21)20(18)12-5-3-2-4-6-12;/h2-6,17H,7-11H2,1H3;1H. The van der Waals surface area contributed by atoms with Crippen LogP contribution in [0.3, 0.4) is 0 Å². The molecule has 0 atom stereocenters. The monoisotopic (exact) mass is 386 g/mol. The summed E-state index contributed by atoms with van der Waals surface area (Å²) in [6.07, 6.45) is 0. The van der Waals surface area contributed by atoms with Crippen molar-refractivity contribution in [3.63, 3.8) is 0 Å². The Morgan fingerprint density at radius 1 is 1.18 bits per heavy atom. The largest absolute Gasteiger partial charge is 0.314 e. The summed E-state index contributed by atoms with van der Waals surface area (Å²) in [4.78, 5) is 14.9. The van der Waals surface area contributed by atoms with E-state index < -0.39 is 0 Å². The van der Waals surface area contributed by atoms with Crippen LogP contribution in [0.1, 0.15) is 5.69 Å². The number of hydrogen-bond acceptors (Lipinski definition) is 3. The summed E-state index contributed by atoms with van der Waals surface area (Å²) in [6, 6.07) is 9.73. The van der Waals surface area contributed by atoms with E-state index in [1.54, 1.807) is 4.68 Å². The highest BCUT2D eigenvalue weighted by atomic mass is 79.9. The maximum Gasteiger partial charge on any atom is 0.286 e. The maximum atomic E-state index is 12.5. The van der Waals surface area contributed by atoms with Gasteiger partial charge in [0, 0.05) is 39.8 Å². The summed E-state index contributed by atoms with van der Waals surface area (Å²) in [7, 11) is 1.94. The first-order chi connectivity index (χ1) is 10.2. The molecule has 1 fully saturated rings. The predicted octanol–water partition coefficient (Wildman–Crippen LogP) is 1.77. The van der Waals surface area contributed by atoms with Crippen molar-refractivity contribution < 1.29 is 0 Å². The molecule has 1 aliphatic heterocycles. The van der Waals surface area contributed by atoms with Crippen LogP contribution in [0, 0.1) is 0 Å². The molecule has 1 N–H and O–H groups in total. The molecule has 1 aliphatic rings. The fraction of sp³-hybridized carbons (Fsp3) is 0.400. The SMILES string of the molecule is Cl.Cn1c(CN2CCNCC2)c(Br)c(=O)n1-c1ccccc1. The van der Waals surface area contributed by atoms with Crippen molar-refractivity contribution in [1.82, 2.24) is 19.6 Å². The minimum absolute atomic E-state index is 0. The molecule has 0 unspecified atom stereocenters. The number of nitrogens with one attached hydrogen (secondary N) is 1. The second-order valence-electron chi connectivity index (χ2n) is 5.26.